The second-order valence-corrected chi connectivity index (χ2v) is 5.63. The van der Waals surface area contributed by atoms with Crippen LogP contribution in [-0.2, 0) is 0 Å². The van der Waals surface area contributed by atoms with Gasteiger partial charge in [0.05, 0.1) is 0 Å². The van der Waals surface area contributed by atoms with E-state index in [1.165, 1.54) is 0 Å². The van der Waals surface area contributed by atoms with Gasteiger partial charge in [0, 0.05) is 5.69 Å². The highest BCUT2D eigenvalue weighted by Crippen LogP contribution is 3.02. The first kappa shape index (κ1) is 13.9. The van der Waals surface area contributed by atoms with E-state index >= 15 is 0 Å². The molecule has 0 saturated heterocycles. The molecular formula is C7H4F6N2S2. The van der Waals surface area contributed by atoms with Crippen LogP contribution in [0.4, 0.5) is 29.5 Å². The molecule has 0 radical (unpaired) electrons. The smallest absolute Gasteiger partial charge is 0.311 e. The maximum Gasteiger partial charge on any atom is 0.311 e. The van der Waals surface area contributed by atoms with Crippen molar-refractivity contribution >= 4 is 28.7 Å². The molecule has 0 fully saturated rings. The van der Waals surface area contributed by atoms with Crippen LogP contribution in [0, 0.1) is 17.1 Å². The molecule has 0 amide bonds. The van der Waals surface area contributed by atoms with Crippen molar-refractivity contribution < 1.29 is 23.8 Å². The van der Waals surface area contributed by atoms with Crippen LogP contribution >= 0.6 is 23.0 Å². The number of anilines is 1. The number of hydrogen-bond donors (Lipinski definition) is 2. The molecule has 2 nitrogen and oxygen atoms in total. The summed E-state index contributed by atoms with van der Waals surface area (Å²) >= 11 is 3.32. The van der Waals surface area contributed by atoms with E-state index in [-0.39, 0.29) is 6.07 Å². The van der Waals surface area contributed by atoms with Crippen LogP contribution < -0.4 is 4.72 Å². The Bertz CT molecular complexity index is 517. The average molecular weight is 294 g/mol. The predicted molar refractivity (Wildman–Crippen MR) is 55.1 cm³/mol. The normalized spacial score (nSPS) is 15.6. The van der Waals surface area contributed by atoms with Crippen molar-refractivity contribution in [1.82, 2.24) is 0 Å². The number of nitriles is 1. The van der Waals surface area contributed by atoms with Crippen LogP contribution in [0.3, 0.4) is 0 Å². The quantitative estimate of drug-likeness (QED) is 0.617. The van der Waals surface area contributed by atoms with Crippen molar-refractivity contribution in [2.45, 2.75) is 4.90 Å². The van der Waals surface area contributed by atoms with Gasteiger partial charge in [-0.25, -0.2) is 4.39 Å². The SMILES string of the molecule is N#Cc1c(F)cc(NS)cc1S(F)(F)(F)(F)F. The van der Waals surface area contributed by atoms with E-state index in [0.29, 0.717) is 6.07 Å². The Morgan fingerprint density at radius 1 is 1.18 bits per heavy atom. The Balaban J connectivity index is 3.78. The highest BCUT2D eigenvalue weighted by Gasteiger charge is 2.67. The lowest BCUT2D eigenvalue weighted by Crippen LogP contribution is -2.10. The zero-order chi connectivity index (χ0) is 13.5. The molecule has 0 bridgehead atoms. The zero-order valence-electron chi connectivity index (χ0n) is 7.73. The highest BCUT2D eigenvalue weighted by atomic mass is 32.5. The largest absolute Gasteiger partial charge is 0.332 e. The molecule has 0 aromatic heterocycles. The number of halogens is 6. The first-order chi connectivity index (χ1) is 7.38. The summed E-state index contributed by atoms with van der Waals surface area (Å²) < 4.78 is 77.5. The lowest BCUT2D eigenvalue weighted by molar-refractivity contribution is 0.362. The summed E-state index contributed by atoms with van der Waals surface area (Å²) in [5.41, 5.74) is -2.37. The summed E-state index contributed by atoms with van der Waals surface area (Å²) in [5, 5.41) is 8.31. The Morgan fingerprint density at radius 3 is 2.06 bits per heavy atom. The van der Waals surface area contributed by atoms with E-state index in [0.717, 1.165) is 6.07 Å². The fourth-order valence-electron chi connectivity index (χ4n) is 1.06. The summed E-state index contributed by atoms with van der Waals surface area (Å²) in [6.07, 6.45) is 0. The van der Waals surface area contributed by atoms with E-state index in [1.54, 1.807) is 4.72 Å². The van der Waals surface area contributed by atoms with Gasteiger partial charge in [0.15, 0.2) is 0 Å². The number of nitrogens with zero attached hydrogens (tertiary/aromatic N) is 1. The van der Waals surface area contributed by atoms with Gasteiger partial charge in [0.25, 0.3) is 0 Å². The van der Waals surface area contributed by atoms with Gasteiger partial charge in [0.1, 0.15) is 22.3 Å². The minimum Gasteiger partial charge on any atom is -0.332 e. The van der Waals surface area contributed by atoms with E-state index in [4.69, 9.17) is 5.26 Å². The Labute approximate surface area is 97.5 Å². The van der Waals surface area contributed by atoms with E-state index in [2.05, 4.69) is 12.8 Å². The summed E-state index contributed by atoms with van der Waals surface area (Å²) in [6.45, 7) is 0. The van der Waals surface area contributed by atoms with Crippen molar-refractivity contribution in [3.63, 3.8) is 0 Å². The van der Waals surface area contributed by atoms with E-state index < -0.39 is 32.2 Å². The fraction of sp³-hybridized carbons (Fsp3) is 0. The molecule has 0 aliphatic rings. The Kier molecular flexibility index (Phi) is 2.58. The van der Waals surface area contributed by atoms with Gasteiger partial charge in [-0.1, -0.05) is 32.2 Å². The maximum atomic E-state index is 13.1. The third kappa shape index (κ3) is 2.92. The van der Waals surface area contributed by atoms with E-state index in [1.807, 2.05) is 0 Å². The van der Waals surface area contributed by atoms with E-state index in [9.17, 15) is 23.8 Å². The topological polar surface area (TPSA) is 35.8 Å². The average Bonchev–Trinajstić information content (AvgIpc) is 2.13. The first-order valence-corrected chi connectivity index (χ1v) is 6.17. The van der Waals surface area contributed by atoms with Crippen LogP contribution in [0.5, 0.6) is 0 Å². The predicted octanol–water partition coefficient (Wildman–Crippen LogP) is 4.61. The van der Waals surface area contributed by atoms with Gasteiger partial charge in [-0.15, -0.1) is 0 Å². The van der Waals surface area contributed by atoms with Crippen molar-refractivity contribution in [2.75, 3.05) is 4.72 Å². The third-order valence-corrected chi connectivity index (χ3v) is 3.12. The van der Waals surface area contributed by atoms with Gasteiger partial charge in [-0.3, -0.25) is 0 Å². The second kappa shape index (κ2) is 3.17. The van der Waals surface area contributed by atoms with Crippen molar-refractivity contribution in [2.24, 2.45) is 0 Å². The van der Waals surface area contributed by atoms with Gasteiger partial charge in [0.2, 0.25) is 0 Å². The van der Waals surface area contributed by atoms with Crippen LogP contribution in [0.2, 0.25) is 0 Å². The molecule has 1 aromatic rings. The number of rotatable bonds is 2. The number of nitrogens with one attached hydrogen (secondary N) is 1. The number of thiol groups is 1. The molecule has 0 unspecified atom stereocenters. The summed E-state index contributed by atoms with van der Waals surface area (Å²) in [6, 6.07) is 1.17. The Hall–Kier alpha value is -1.21. The van der Waals surface area contributed by atoms with Gasteiger partial charge in [-0.2, -0.15) is 5.26 Å². The summed E-state index contributed by atoms with van der Waals surface area (Å²) in [4.78, 5) is -2.57. The minimum absolute atomic E-state index is 0.0593. The highest BCUT2D eigenvalue weighted by molar-refractivity contribution is 8.45. The molecule has 1 aromatic carbocycles. The molecule has 1 N–H and O–H groups in total. The number of benzene rings is 1. The van der Waals surface area contributed by atoms with Gasteiger partial charge >= 0.3 is 10.2 Å². The monoisotopic (exact) mass is 294 g/mol. The first-order valence-electron chi connectivity index (χ1n) is 3.77. The molecule has 0 aliphatic heterocycles. The van der Waals surface area contributed by atoms with Crippen LogP contribution in [0.25, 0.3) is 0 Å². The van der Waals surface area contributed by atoms with Gasteiger partial charge in [-0.05, 0) is 12.1 Å². The zero-order valence-corrected chi connectivity index (χ0v) is 9.44. The number of hydrogen-bond acceptors (Lipinski definition) is 3. The summed E-state index contributed by atoms with van der Waals surface area (Å²) in [7, 11) is -10.1. The lowest BCUT2D eigenvalue weighted by atomic mass is 10.2. The molecule has 96 valence electrons. The van der Waals surface area contributed by atoms with Crippen molar-refractivity contribution in [3.8, 4) is 6.07 Å². The lowest BCUT2D eigenvalue weighted by Gasteiger charge is -2.41. The standard InChI is InChI=1S/C7H4F6N2S2/c8-6-1-4(15-16)2-7(5(6)3-14)17(9,10,11,12)13/h1-2,15-16H. The molecule has 17 heavy (non-hydrogen) atoms. The molecule has 0 saturated carbocycles. The second-order valence-electron chi connectivity index (χ2n) is 3.02. The molecule has 0 heterocycles. The molecule has 1 rings (SSSR count). The minimum atomic E-state index is -10.1. The molecule has 0 aliphatic carbocycles. The molecule has 0 spiro atoms. The maximum absolute atomic E-state index is 13.1. The van der Waals surface area contributed by atoms with Crippen molar-refractivity contribution in [3.05, 3.63) is 23.5 Å². The van der Waals surface area contributed by atoms with Gasteiger partial charge < -0.3 is 4.72 Å². The van der Waals surface area contributed by atoms with Crippen molar-refractivity contribution in [1.29, 1.82) is 5.26 Å². The van der Waals surface area contributed by atoms with Crippen LogP contribution in [0.1, 0.15) is 5.56 Å². The molecule has 0 atom stereocenters. The van der Waals surface area contributed by atoms with Crippen LogP contribution in [0.15, 0.2) is 17.0 Å². The molecule has 10 heteroatoms. The Morgan fingerprint density at radius 2 is 1.71 bits per heavy atom. The van der Waals surface area contributed by atoms with Crippen LogP contribution in [-0.4, -0.2) is 0 Å². The molecular weight excluding hydrogens is 290 g/mol. The fourth-order valence-corrected chi connectivity index (χ4v) is 2.07. The third-order valence-electron chi connectivity index (χ3n) is 1.71. The summed E-state index contributed by atoms with van der Waals surface area (Å²) in [5.74, 6) is -1.70.